The number of rotatable bonds is 7. The molecule has 0 aliphatic rings. The number of nitrogens with zero attached hydrogens (tertiary/aromatic N) is 2. The molecule has 0 saturated heterocycles. The largest absolute Gasteiger partial charge is 0.368 e. The maximum Gasteiger partial charge on any atom is 0.273 e. The van der Waals surface area contributed by atoms with Crippen LogP contribution in [0.4, 0.5) is 4.39 Å². The van der Waals surface area contributed by atoms with Crippen LogP contribution >= 0.6 is 0 Å². The van der Waals surface area contributed by atoms with E-state index in [4.69, 9.17) is 5.73 Å². The number of nitrogens with two attached hydrogens (primary N) is 1. The Hall–Kier alpha value is -3.22. The minimum Gasteiger partial charge on any atom is -0.368 e. The molecule has 1 unspecified atom stereocenters. The molecule has 0 radical (unpaired) electrons. The molecular weight excluding hydrogens is 347 g/mol. The Morgan fingerprint density at radius 2 is 1.89 bits per heavy atom. The first-order chi connectivity index (χ1) is 13.0. The fourth-order valence-electron chi connectivity index (χ4n) is 2.98. The fourth-order valence-corrected chi connectivity index (χ4v) is 2.98. The SMILES string of the molecule is CCCC(NC(=O)c1nn(Cc2ccc(F)cc2)c2ccccc12)C(N)=O. The van der Waals surface area contributed by atoms with E-state index in [0.29, 0.717) is 24.8 Å². The number of carbonyl (C=O) groups is 2. The third-order valence-corrected chi connectivity index (χ3v) is 4.34. The second kappa shape index (κ2) is 7.99. The molecule has 0 spiro atoms. The number of nitrogens with one attached hydrogen (secondary N) is 1. The van der Waals surface area contributed by atoms with E-state index in [1.54, 1.807) is 22.9 Å². The van der Waals surface area contributed by atoms with Gasteiger partial charge in [-0.05, 0) is 30.2 Å². The number of halogens is 1. The minimum absolute atomic E-state index is 0.232. The molecule has 3 aromatic rings. The number of benzene rings is 2. The zero-order valence-electron chi connectivity index (χ0n) is 15.0. The Morgan fingerprint density at radius 1 is 1.19 bits per heavy atom. The van der Waals surface area contributed by atoms with E-state index in [0.717, 1.165) is 11.1 Å². The molecule has 0 saturated carbocycles. The Labute approximate surface area is 156 Å². The fraction of sp³-hybridized carbons (Fsp3) is 0.250. The Balaban J connectivity index is 1.93. The van der Waals surface area contributed by atoms with Crippen molar-refractivity contribution in [1.82, 2.24) is 15.1 Å². The molecule has 140 valence electrons. The van der Waals surface area contributed by atoms with Gasteiger partial charge in [-0.25, -0.2) is 4.39 Å². The van der Waals surface area contributed by atoms with Crippen molar-refractivity contribution < 1.29 is 14.0 Å². The molecule has 2 amide bonds. The Bertz CT molecular complexity index is 966. The summed E-state index contributed by atoms with van der Waals surface area (Å²) < 4.78 is 14.8. The van der Waals surface area contributed by atoms with Gasteiger partial charge in [0.25, 0.3) is 5.91 Å². The lowest BCUT2D eigenvalue weighted by Gasteiger charge is -2.13. The van der Waals surface area contributed by atoms with Crippen LogP contribution < -0.4 is 11.1 Å². The molecule has 1 atom stereocenters. The number of aromatic nitrogens is 2. The average Bonchev–Trinajstić information content (AvgIpc) is 3.02. The molecule has 2 aromatic carbocycles. The standard InChI is InChI=1S/C20H21FN4O2/c1-2-5-16(19(22)26)23-20(27)18-15-6-3-4-7-17(15)25(24-18)12-13-8-10-14(21)11-9-13/h3-4,6-11,16H,2,5,12H2,1H3,(H2,22,26)(H,23,27). The molecule has 6 nitrogen and oxygen atoms in total. The third kappa shape index (κ3) is 4.13. The van der Waals surface area contributed by atoms with E-state index in [1.807, 2.05) is 25.1 Å². The first-order valence-corrected chi connectivity index (χ1v) is 8.79. The Morgan fingerprint density at radius 3 is 2.56 bits per heavy atom. The monoisotopic (exact) mass is 368 g/mol. The number of hydrogen-bond donors (Lipinski definition) is 2. The molecule has 0 aliphatic heterocycles. The quantitative estimate of drug-likeness (QED) is 0.672. The average molecular weight is 368 g/mol. The zero-order chi connectivity index (χ0) is 19.4. The van der Waals surface area contributed by atoms with E-state index in [-0.39, 0.29) is 11.5 Å². The lowest BCUT2D eigenvalue weighted by atomic mass is 10.1. The lowest BCUT2D eigenvalue weighted by Crippen LogP contribution is -2.44. The van der Waals surface area contributed by atoms with Crippen molar-refractivity contribution in [3.63, 3.8) is 0 Å². The van der Waals surface area contributed by atoms with Gasteiger partial charge in [-0.15, -0.1) is 0 Å². The molecule has 3 N–H and O–H groups in total. The molecule has 7 heteroatoms. The van der Waals surface area contributed by atoms with E-state index < -0.39 is 17.9 Å². The smallest absolute Gasteiger partial charge is 0.273 e. The highest BCUT2D eigenvalue weighted by atomic mass is 19.1. The summed E-state index contributed by atoms with van der Waals surface area (Å²) in [6, 6.07) is 12.7. The summed E-state index contributed by atoms with van der Waals surface area (Å²) in [4.78, 5) is 24.3. The van der Waals surface area contributed by atoms with Crippen molar-refractivity contribution in [2.75, 3.05) is 0 Å². The van der Waals surface area contributed by atoms with Crippen LogP contribution in [0.25, 0.3) is 10.9 Å². The van der Waals surface area contributed by atoms with Gasteiger partial charge < -0.3 is 11.1 Å². The zero-order valence-corrected chi connectivity index (χ0v) is 15.0. The predicted molar refractivity (Wildman–Crippen MR) is 101 cm³/mol. The third-order valence-electron chi connectivity index (χ3n) is 4.34. The van der Waals surface area contributed by atoms with Crippen LogP contribution in [0.15, 0.2) is 48.5 Å². The van der Waals surface area contributed by atoms with Gasteiger partial charge in [-0.1, -0.05) is 43.7 Å². The number of fused-ring (bicyclic) bond motifs is 1. The molecule has 0 bridgehead atoms. The Kier molecular flexibility index (Phi) is 5.49. The molecule has 1 heterocycles. The van der Waals surface area contributed by atoms with Crippen molar-refractivity contribution >= 4 is 22.7 Å². The van der Waals surface area contributed by atoms with Crippen molar-refractivity contribution in [3.05, 3.63) is 65.6 Å². The van der Waals surface area contributed by atoms with E-state index in [1.165, 1.54) is 12.1 Å². The molecular formula is C20H21FN4O2. The van der Waals surface area contributed by atoms with Crippen LogP contribution in [0, 0.1) is 5.82 Å². The second-order valence-electron chi connectivity index (χ2n) is 6.37. The molecule has 3 rings (SSSR count). The summed E-state index contributed by atoms with van der Waals surface area (Å²) in [5, 5.41) is 7.79. The highest BCUT2D eigenvalue weighted by Gasteiger charge is 2.22. The number of carbonyl (C=O) groups excluding carboxylic acids is 2. The molecule has 27 heavy (non-hydrogen) atoms. The topological polar surface area (TPSA) is 90.0 Å². The number of amides is 2. The van der Waals surface area contributed by atoms with Gasteiger partial charge in [-0.3, -0.25) is 14.3 Å². The van der Waals surface area contributed by atoms with Crippen LogP contribution in [-0.4, -0.2) is 27.6 Å². The number of hydrogen-bond acceptors (Lipinski definition) is 3. The summed E-state index contributed by atoms with van der Waals surface area (Å²) in [5.74, 6) is -1.32. The van der Waals surface area contributed by atoms with Crippen molar-refractivity contribution in [2.45, 2.75) is 32.4 Å². The summed E-state index contributed by atoms with van der Waals surface area (Å²) in [7, 11) is 0. The van der Waals surface area contributed by atoms with Crippen LogP contribution in [0.1, 0.15) is 35.8 Å². The van der Waals surface area contributed by atoms with Crippen molar-refractivity contribution in [2.24, 2.45) is 5.73 Å². The summed E-state index contributed by atoms with van der Waals surface area (Å²) in [6.07, 6.45) is 1.18. The van der Waals surface area contributed by atoms with E-state index >= 15 is 0 Å². The first-order valence-electron chi connectivity index (χ1n) is 8.79. The van der Waals surface area contributed by atoms with Gasteiger partial charge >= 0.3 is 0 Å². The van der Waals surface area contributed by atoms with Crippen molar-refractivity contribution in [1.29, 1.82) is 0 Å². The van der Waals surface area contributed by atoms with Crippen molar-refractivity contribution in [3.8, 4) is 0 Å². The maximum absolute atomic E-state index is 13.1. The summed E-state index contributed by atoms with van der Waals surface area (Å²) in [6.45, 7) is 2.30. The molecule has 0 fully saturated rings. The lowest BCUT2D eigenvalue weighted by molar-refractivity contribution is -0.120. The van der Waals surface area contributed by atoms with E-state index in [2.05, 4.69) is 10.4 Å². The van der Waals surface area contributed by atoms with Gasteiger partial charge in [-0.2, -0.15) is 5.10 Å². The summed E-state index contributed by atoms with van der Waals surface area (Å²) in [5.41, 5.74) is 7.24. The van der Waals surface area contributed by atoms with Gasteiger partial charge in [0.15, 0.2) is 5.69 Å². The molecule has 0 aliphatic carbocycles. The number of primary amides is 1. The minimum atomic E-state index is -0.733. The van der Waals surface area contributed by atoms with Gasteiger partial charge in [0.05, 0.1) is 12.1 Å². The highest BCUT2D eigenvalue weighted by molar-refractivity contribution is 6.06. The van der Waals surface area contributed by atoms with Crippen LogP contribution in [0.5, 0.6) is 0 Å². The van der Waals surface area contributed by atoms with Crippen LogP contribution in [0.3, 0.4) is 0 Å². The van der Waals surface area contributed by atoms with E-state index in [9.17, 15) is 14.0 Å². The normalized spacial score (nSPS) is 12.1. The highest BCUT2D eigenvalue weighted by Crippen LogP contribution is 2.20. The van der Waals surface area contributed by atoms with Gasteiger partial charge in [0.2, 0.25) is 5.91 Å². The van der Waals surface area contributed by atoms with Gasteiger partial charge in [0, 0.05) is 5.39 Å². The maximum atomic E-state index is 13.1. The van der Waals surface area contributed by atoms with Crippen LogP contribution in [0.2, 0.25) is 0 Å². The first kappa shape index (κ1) is 18.6. The second-order valence-corrected chi connectivity index (χ2v) is 6.37. The molecule has 1 aromatic heterocycles. The predicted octanol–water partition coefficient (Wildman–Crippen LogP) is 2.61. The number of para-hydroxylation sites is 1. The van der Waals surface area contributed by atoms with Gasteiger partial charge in [0.1, 0.15) is 11.9 Å². The summed E-state index contributed by atoms with van der Waals surface area (Å²) >= 11 is 0. The van der Waals surface area contributed by atoms with Crippen LogP contribution in [-0.2, 0) is 11.3 Å².